The highest BCUT2D eigenvalue weighted by Gasteiger charge is 2.10. The van der Waals surface area contributed by atoms with Gasteiger partial charge in [0.25, 0.3) is 0 Å². The zero-order chi connectivity index (χ0) is 9.42. The third-order valence-corrected chi connectivity index (χ3v) is 1.74. The molecule has 68 valence electrons. The van der Waals surface area contributed by atoms with Crippen LogP contribution in [0.2, 0.25) is 0 Å². The monoisotopic (exact) mass is 181 g/mol. The van der Waals surface area contributed by atoms with Crippen molar-refractivity contribution in [2.24, 2.45) is 0 Å². The second-order valence-electron chi connectivity index (χ2n) is 2.64. The normalized spacial score (nSPS) is 10.8. The van der Waals surface area contributed by atoms with Crippen LogP contribution < -0.4 is 0 Å². The minimum atomic E-state index is -1.03. The van der Waals surface area contributed by atoms with E-state index in [2.05, 4.69) is 4.98 Å². The number of hydrogen-bond donors (Lipinski definition) is 3. The van der Waals surface area contributed by atoms with Gasteiger partial charge in [0.05, 0.1) is 5.52 Å². The molecule has 3 N–H and O–H groups in total. The van der Waals surface area contributed by atoms with Gasteiger partial charge in [-0.2, -0.15) is 0 Å². The average Bonchev–Trinajstić information content (AvgIpc) is 2.58. The van der Waals surface area contributed by atoms with Crippen LogP contribution in [0.4, 0.5) is 0 Å². The second kappa shape index (κ2) is 2.63. The fourth-order valence-electron chi connectivity index (χ4n) is 1.17. The molecule has 2 aromatic heterocycles. The SMILES string of the molecule is O=C(O)c1cc2oc(CO)cc2[nH]1. The second-order valence-corrected chi connectivity index (χ2v) is 2.64. The molecule has 0 amide bonds. The molecule has 0 aliphatic carbocycles. The molecule has 2 heterocycles. The Balaban J connectivity index is 2.54. The first-order valence-corrected chi connectivity index (χ1v) is 3.66. The highest BCUT2D eigenvalue weighted by molar-refractivity contribution is 5.91. The topological polar surface area (TPSA) is 86.5 Å². The van der Waals surface area contributed by atoms with Crippen molar-refractivity contribution >= 4 is 17.1 Å². The molecule has 0 radical (unpaired) electrons. The number of hydrogen-bond acceptors (Lipinski definition) is 3. The average molecular weight is 181 g/mol. The molecular weight excluding hydrogens is 174 g/mol. The molecule has 0 unspecified atom stereocenters. The molecule has 0 saturated carbocycles. The summed E-state index contributed by atoms with van der Waals surface area (Å²) in [6.07, 6.45) is 0. The van der Waals surface area contributed by atoms with Crippen LogP contribution in [0.25, 0.3) is 11.1 Å². The Kier molecular flexibility index (Phi) is 1.60. The van der Waals surface area contributed by atoms with Crippen molar-refractivity contribution in [2.45, 2.75) is 6.61 Å². The Morgan fingerprint density at radius 1 is 1.54 bits per heavy atom. The van der Waals surface area contributed by atoms with E-state index in [1.54, 1.807) is 6.07 Å². The fourth-order valence-corrected chi connectivity index (χ4v) is 1.17. The third kappa shape index (κ3) is 1.19. The van der Waals surface area contributed by atoms with E-state index >= 15 is 0 Å². The highest BCUT2D eigenvalue weighted by Crippen LogP contribution is 2.19. The molecule has 5 heteroatoms. The fraction of sp³-hybridized carbons (Fsp3) is 0.125. The van der Waals surface area contributed by atoms with Crippen LogP contribution >= 0.6 is 0 Å². The van der Waals surface area contributed by atoms with E-state index in [1.807, 2.05) is 0 Å². The summed E-state index contributed by atoms with van der Waals surface area (Å²) in [7, 11) is 0. The van der Waals surface area contributed by atoms with E-state index in [0.717, 1.165) is 0 Å². The van der Waals surface area contributed by atoms with E-state index in [0.29, 0.717) is 16.9 Å². The third-order valence-electron chi connectivity index (χ3n) is 1.74. The summed E-state index contributed by atoms with van der Waals surface area (Å²) in [5, 5.41) is 17.3. The van der Waals surface area contributed by atoms with Crippen LogP contribution in [0, 0.1) is 0 Å². The van der Waals surface area contributed by atoms with Gasteiger partial charge in [-0.1, -0.05) is 0 Å². The molecule has 13 heavy (non-hydrogen) atoms. The first-order chi connectivity index (χ1) is 6.20. The minimum Gasteiger partial charge on any atom is -0.477 e. The first kappa shape index (κ1) is 7.88. The number of aliphatic hydroxyl groups is 1. The summed E-state index contributed by atoms with van der Waals surface area (Å²) >= 11 is 0. The quantitative estimate of drug-likeness (QED) is 0.643. The van der Waals surface area contributed by atoms with Gasteiger partial charge in [0.15, 0.2) is 5.58 Å². The molecule has 0 bridgehead atoms. The van der Waals surface area contributed by atoms with Gasteiger partial charge in [0.2, 0.25) is 0 Å². The van der Waals surface area contributed by atoms with E-state index in [4.69, 9.17) is 14.6 Å². The zero-order valence-electron chi connectivity index (χ0n) is 6.57. The van der Waals surface area contributed by atoms with Crippen molar-refractivity contribution in [3.63, 3.8) is 0 Å². The Morgan fingerprint density at radius 3 is 2.85 bits per heavy atom. The highest BCUT2D eigenvalue weighted by atomic mass is 16.4. The predicted octanol–water partition coefficient (Wildman–Crippen LogP) is 0.951. The largest absolute Gasteiger partial charge is 0.477 e. The van der Waals surface area contributed by atoms with Crippen molar-refractivity contribution in [3.8, 4) is 0 Å². The number of carboxylic acids is 1. The van der Waals surface area contributed by atoms with Crippen LogP contribution in [0.15, 0.2) is 16.5 Å². The Bertz CT molecular complexity index is 422. The molecule has 2 aromatic rings. The van der Waals surface area contributed by atoms with E-state index in [-0.39, 0.29) is 12.3 Å². The van der Waals surface area contributed by atoms with Crippen molar-refractivity contribution in [2.75, 3.05) is 0 Å². The standard InChI is InChI=1S/C8H7NO4/c10-3-4-1-5-7(13-4)2-6(9-5)8(11)12/h1-2,9-10H,3H2,(H,11,12). The van der Waals surface area contributed by atoms with Crippen molar-refractivity contribution < 1.29 is 19.4 Å². The van der Waals surface area contributed by atoms with Crippen molar-refractivity contribution in [1.29, 1.82) is 0 Å². The van der Waals surface area contributed by atoms with Gasteiger partial charge in [0.1, 0.15) is 18.1 Å². The Labute approximate surface area is 72.6 Å². The van der Waals surface area contributed by atoms with Gasteiger partial charge >= 0.3 is 5.97 Å². The van der Waals surface area contributed by atoms with Crippen LogP contribution in [0.5, 0.6) is 0 Å². The summed E-state index contributed by atoms with van der Waals surface area (Å²) in [6.45, 7) is -0.190. The van der Waals surface area contributed by atoms with Gasteiger partial charge in [-0.25, -0.2) is 4.79 Å². The van der Waals surface area contributed by atoms with E-state index < -0.39 is 5.97 Å². The maximum Gasteiger partial charge on any atom is 0.352 e. The molecule has 0 saturated heterocycles. The number of carboxylic acid groups (broad SMARTS) is 1. The van der Waals surface area contributed by atoms with Gasteiger partial charge in [-0.3, -0.25) is 0 Å². The lowest BCUT2D eigenvalue weighted by molar-refractivity contribution is 0.0691. The Hall–Kier alpha value is -1.75. The lowest BCUT2D eigenvalue weighted by atomic mass is 10.4. The van der Waals surface area contributed by atoms with Crippen molar-refractivity contribution in [3.05, 3.63) is 23.6 Å². The number of H-pyrrole nitrogens is 1. The number of nitrogens with one attached hydrogen (secondary N) is 1. The number of aromatic carboxylic acids is 1. The van der Waals surface area contributed by atoms with Crippen LogP contribution in [0.3, 0.4) is 0 Å². The summed E-state index contributed by atoms with van der Waals surface area (Å²) in [4.78, 5) is 13.1. The summed E-state index contributed by atoms with van der Waals surface area (Å²) < 4.78 is 5.10. The number of fused-ring (bicyclic) bond motifs is 1. The number of aromatic nitrogens is 1. The zero-order valence-corrected chi connectivity index (χ0v) is 6.57. The molecule has 0 aliphatic rings. The first-order valence-electron chi connectivity index (χ1n) is 3.66. The molecule has 0 fully saturated rings. The summed E-state index contributed by atoms with van der Waals surface area (Å²) in [5.74, 6) is -0.616. The minimum absolute atomic E-state index is 0.0817. The molecule has 0 aliphatic heterocycles. The number of furan rings is 1. The maximum absolute atomic E-state index is 10.5. The number of rotatable bonds is 2. The molecule has 0 aromatic carbocycles. The smallest absolute Gasteiger partial charge is 0.352 e. The van der Waals surface area contributed by atoms with Gasteiger partial charge in [-0.05, 0) is 0 Å². The van der Waals surface area contributed by atoms with Gasteiger partial charge < -0.3 is 19.6 Å². The number of aromatic amines is 1. The van der Waals surface area contributed by atoms with Crippen LogP contribution in [-0.4, -0.2) is 21.2 Å². The molecule has 0 atom stereocenters. The molecular formula is C8H7NO4. The van der Waals surface area contributed by atoms with Crippen LogP contribution in [-0.2, 0) is 6.61 Å². The van der Waals surface area contributed by atoms with E-state index in [1.165, 1.54) is 6.07 Å². The summed E-state index contributed by atoms with van der Waals surface area (Å²) in [5.41, 5.74) is 1.11. The number of aliphatic hydroxyl groups excluding tert-OH is 1. The lowest BCUT2D eigenvalue weighted by Gasteiger charge is -1.85. The number of carbonyl (C=O) groups is 1. The lowest BCUT2D eigenvalue weighted by Crippen LogP contribution is -1.94. The maximum atomic E-state index is 10.5. The predicted molar refractivity (Wildman–Crippen MR) is 43.4 cm³/mol. The van der Waals surface area contributed by atoms with Gasteiger partial charge in [0, 0.05) is 12.1 Å². The molecule has 0 spiro atoms. The van der Waals surface area contributed by atoms with Gasteiger partial charge in [-0.15, -0.1) is 0 Å². The van der Waals surface area contributed by atoms with Crippen LogP contribution in [0.1, 0.15) is 16.2 Å². The van der Waals surface area contributed by atoms with E-state index in [9.17, 15) is 4.79 Å². The van der Waals surface area contributed by atoms with Crippen molar-refractivity contribution in [1.82, 2.24) is 4.98 Å². The molecule has 5 nitrogen and oxygen atoms in total. The molecule has 2 rings (SSSR count). The Morgan fingerprint density at radius 2 is 2.31 bits per heavy atom. The summed E-state index contributed by atoms with van der Waals surface area (Å²) in [6, 6.07) is 2.96.